The first-order valence-electron chi connectivity index (χ1n) is 7.91. The molecule has 24 heavy (non-hydrogen) atoms. The SMILES string of the molecule is COc1cc(C(=O)NCCOc2ccccc2)ccc1OC(C)C. The monoisotopic (exact) mass is 329 g/mol. The first kappa shape index (κ1) is 17.7. The van der Waals surface area contributed by atoms with Gasteiger partial charge in [-0.15, -0.1) is 0 Å². The molecule has 0 aliphatic rings. The highest BCUT2D eigenvalue weighted by molar-refractivity contribution is 5.94. The van der Waals surface area contributed by atoms with Crippen LogP contribution in [-0.2, 0) is 0 Å². The van der Waals surface area contributed by atoms with E-state index in [1.165, 1.54) is 0 Å². The van der Waals surface area contributed by atoms with E-state index in [0.29, 0.717) is 30.2 Å². The Balaban J connectivity index is 1.87. The minimum absolute atomic E-state index is 0.0358. The molecule has 1 N–H and O–H groups in total. The fourth-order valence-electron chi connectivity index (χ4n) is 2.11. The molecule has 0 spiro atoms. The van der Waals surface area contributed by atoms with E-state index >= 15 is 0 Å². The number of carbonyl (C=O) groups excluding carboxylic acids is 1. The van der Waals surface area contributed by atoms with Crippen molar-refractivity contribution in [1.29, 1.82) is 0 Å². The molecule has 0 fully saturated rings. The van der Waals surface area contributed by atoms with Crippen molar-refractivity contribution < 1.29 is 19.0 Å². The van der Waals surface area contributed by atoms with Crippen LogP contribution in [0.4, 0.5) is 0 Å². The lowest BCUT2D eigenvalue weighted by Crippen LogP contribution is -2.28. The first-order valence-corrected chi connectivity index (χ1v) is 7.91. The highest BCUT2D eigenvalue weighted by Gasteiger charge is 2.11. The lowest BCUT2D eigenvalue weighted by molar-refractivity contribution is 0.0946. The number of hydrogen-bond donors (Lipinski definition) is 1. The molecule has 0 bridgehead atoms. The number of methoxy groups -OCH3 is 1. The molecule has 5 heteroatoms. The van der Waals surface area contributed by atoms with Crippen molar-refractivity contribution in [3.63, 3.8) is 0 Å². The third-order valence-electron chi connectivity index (χ3n) is 3.19. The van der Waals surface area contributed by atoms with Crippen molar-refractivity contribution >= 4 is 5.91 Å². The quantitative estimate of drug-likeness (QED) is 0.755. The number of para-hydroxylation sites is 1. The number of nitrogens with one attached hydrogen (secondary N) is 1. The van der Waals surface area contributed by atoms with Crippen LogP contribution in [-0.4, -0.2) is 32.3 Å². The van der Waals surface area contributed by atoms with Gasteiger partial charge in [-0.3, -0.25) is 4.79 Å². The fourth-order valence-corrected chi connectivity index (χ4v) is 2.11. The van der Waals surface area contributed by atoms with E-state index in [1.807, 2.05) is 44.2 Å². The van der Waals surface area contributed by atoms with Gasteiger partial charge in [0.1, 0.15) is 12.4 Å². The molecule has 0 heterocycles. The molecule has 128 valence electrons. The topological polar surface area (TPSA) is 56.8 Å². The van der Waals surface area contributed by atoms with Crippen LogP contribution in [0.15, 0.2) is 48.5 Å². The number of amides is 1. The molecule has 2 rings (SSSR count). The minimum Gasteiger partial charge on any atom is -0.493 e. The van der Waals surface area contributed by atoms with Crippen LogP contribution in [0.2, 0.25) is 0 Å². The predicted molar refractivity (Wildman–Crippen MR) is 93.0 cm³/mol. The van der Waals surface area contributed by atoms with Crippen molar-refractivity contribution in [2.24, 2.45) is 0 Å². The second-order valence-corrected chi connectivity index (χ2v) is 5.45. The third kappa shape index (κ3) is 5.19. The van der Waals surface area contributed by atoms with Crippen molar-refractivity contribution in [3.8, 4) is 17.2 Å². The Hall–Kier alpha value is -2.69. The van der Waals surface area contributed by atoms with Crippen LogP contribution in [0.1, 0.15) is 24.2 Å². The van der Waals surface area contributed by atoms with E-state index in [-0.39, 0.29) is 12.0 Å². The Morgan fingerprint density at radius 1 is 1.08 bits per heavy atom. The number of hydrogen-bond acceptors (Lipinski definition) is 4. The Morgan fingerprint density at radius 2 is 1.83 bits per heavy atom. The average molecular weight is 329 g/mol. The Bertz CT molecular complexity index is 656. The van der Waals surface area contributed by atoms with Gasteiger partial charge in [0, 0.05) is 5.56 Å². The molecular weight excluding hydrogens is 306 g/mol. The van der Waals surface area contributed by atoms with Gasteiger partial charge in [-0.1, -0.05) is 18.2 Å². The van der Waals surface area contributed by atoms with Gasteiger partial charge >= 0.3 is 0 Å². The molecule has 0 aliphatic heterocycles. The van der Waals surface area contributed by atoms with E-state index in [0.717, 1.165) is 5.75 Å². The van der Waals surface area contributed by atoms with E-state index in [1.54, 1.807) is 25.3 Å². The zero-order valence-electron chi connectivity index (χ0n) is 14.2. The molecule has 5 nitrogen and oxygen atoms in total. The van der Waals surface area contributed by atoms with Crippen LogP contribution in [0.3, 0.4) is 0 Å². The van der Waals surface area contributed by atoms with Crippen molar-refractivity contribution in [2.75, 3.05) is 20.3 Å². The van der Waals surface area contributed by atoms with Crippen LogP contribution in [0, 0.1) is 0 Å². The zero-order valence-corrected chi connectivity index (χ0v) is 14.2. The summed E-state index contributed by atoms with van der Waals surface area (Å²) >= 11 is 0. The summed E-state index contributed by atoms with van der Waals surface area (Å²) < 4.78 is 16.5. The van der Waals surface area contributed by atoms with E-state index in [2.05, 4.69) is 5.32 Å². The zero-order chi connectivity index (χ0) is 17.4. The number of rotatable bonds is 8. The van der Waals surface area contributed by atoms with Crippen LogP contribution >= 0.6 is 0 Å². The minimum atomic E-state index is -0.180. The molecule has 0 radical (unpaired) electrons. The van der Waals surface area contributed by atoms with Crippen LogP contribution in [0.5, 0.6) is 17.2 Å². The maximum absolute atomic E-state index is 12.2. The van der Waals surface area contributed by atoms with Gasteiger partial charge in [0.25, 0.3) is 5.91 Å². The van der Waals surface area contributed by atoms with E-state index in [4.69, 9.17) is 14.2 Å². The fraction of sp³-hybridized carbons (Fsp3) is 0.316. The highest BCUT2D eigenvalue weighted by atomic mass is 16.5. The maximum atomic E-state index is 12.2. The third-order valence-corrected chi connectivity index (χ3v) is 3.19. The normalized spacial score (nSPS) is 10.3. The van der Waals surface area contributed by atoms with Crippen LogP contribution in [0.25, 0.3) is 0 Å². The average Bonchev–Trinajstić information content (AvgIpc) is 2.59. The summed E-state index contributed by atoms with van der Waals surface area (Å²) in [5.74, 6) is 1.76. The van der Waals surface area contributed by atoms with Gasteiger partial charge in [0.05, 0.1) is 19.8 Å². The van der Waals surface area contributed by atoms with Crippen molar-refractivity contribution in [3.05, 3.63) is 54.1 Å². The largest absolute Gasteiger partial charge is 0.493 e. The lowest BCUT2D eigenvalue weighted by Gasteiger charge is -2.14. The Kier molecular flexibility index (Phi) is 6.49. The summed E-state index contributed by atoms with van der Waals surface area (Å²) in [6.07, 6.45) is 0.0358. The molecule has 2 aromatic carbocycles. The summed E-state index contributed by atoms with van der Waals surface area (Å²) in [5, 5.41) is 2.82. The summed E-state index contributed by atoms with van der Waals surface area (Å²) in [7, 11) is 1.55. The molecule has 0 aromatic heterocycles. The van der Waals surface area contributed by atoms with Crippen LogP contribution < -0.4 is 19.5 Å². The summed E-state index contributed by atoms with van der Waals surface area (Å²) in [6, 6.07) is 14.6. The Labute approximate surface area is 142 Å². The second kappa shape index (κ2) is 8.82. The van der Waals surface area contributed by atoms with Gasteiger partial charge in [-0.05, 0) is 44.2 Å². The molecule has 0 unspecified atom stereocenters. The number of ether oxygens (including phenoxy) is 3. The van der Waals surface area contributed by atoms with Gasteiger partial charge < -0.3 is 19.5 Å². The summed E-state index contributed by atoms with van der Waals surface area (Å²) in [6.45, 7) is 4.70. The smallest absolute Gasteiger partial charge is 0.251 e. The molecule has 1 amide bonds. The predicted octanol–water partition coefficient (Wildman–Crippen LogP) is 3.29. The molecular formula is C19H23NO4. The molecule has 0 aliphatic carbocycles. The van der Waals surface area contributed by atoms with Gasteiger partial charge in [-0.2, -0.15) is 0 Å². The van der Waals surface area contributed by atoms with Crippen molar-refractivity contribution in [1.82, 2.24) is 5.32 Å². The molecule has 0 atom stereocenters. The van der Waals surface area contributed by atoms with Gasteiger partial charge in [-0.25, -0.2) is 0 Å². The second-order valence-electron chi connectivity index (χ2n) is 5.45. The van der Waals surface area contributed by atoms with Crippen molar-refractivity contribution in [2.45, 2.75) is 20.0 Å². The first-order chi connectivity index (χ1) is 11.6. The van der Waals surface area contributed by atoms with Gasteiger partial charge in [0.2, 0.25) is 0 Å². The molecule has 0 saturated carbocycles. The number of carbonyl (C=O) groups is 1. The molecule has 2 aromatic rings. The molecule has 0 saturated heterocycles. The summed E-state index contributed by atoms with van der Waals surface area (Å²) in [4.78, 5) is 12.2. The van der Waals surface area contributed by atoms with E-state index in [9.17, 15) is 4.79 Å². The summed E-state index contributed by atoms with van der Waals surface area (Å²) in [5.41, 5.74) is 0.516. The number of benzene rings is 2. The maximum Gasteiger partial charge on any atom is 0.251 e. The lowest BCUT2D eigenvalue weighted by atomic mass is 10.2. The highest BCUT2D eigenvalue weighted by Crippen LogP contribution is 2.28. The standard InChI is InChI=1S/C19H23NO4/c1-14(2)24-17-10-9-15(13-18(17)22-3)19(21)20-11-12-23-16-7-5-4-6-8-16/h4-10,13-14H,11-12H2,1-3H3,(H,20,21). The Morgan fingerprint density at radius 3 is 2.50 bits per heavy atom. The van der Waals surface area contributed by atoms with E-state index < -0.39 is 0 Å². The van der Waals surface area contributed by atoms with Gasteiger partial charge in [0.15, 0.2) is 11.5 Å².